The normalized spacial score (nSPS) is 13.8. The molecule has 1 atom stereocenters. The summed E-state index contributed by atoms with van der Waals surface area (Å²) in [6, 6.07) is 13.5. The van der Waals surface area contributed by atoms with Crippen LogP contribution in [0.4, 0.5) is 4.39 Å². The van der Waals surface area contributed by atoms with E-state index in [0.29, 0.717) is 17.7 Å². The molecule has 1 unspecified atom stereocenters. The molecule has 0 saturated carbocycles. The summed E-state index contributed by atoms with van der Waals surface area (Å²) in [6.45, 7) is 1.99. The summed E-state index contributed by atoms with van der Waals surface area (Å²) in [6.07, 6.45) is 1.27. The monoisotopic (exact) mass is 274 g/mol. The third-order valence-corrected chi connectivity index (χ3v) is 3.47. The zero-order chi connectivity index (χ0) is 14.6. The van der Waals surface area contributed by atoms with E-state index in [2.05, 4.69) is 0 Å². The van der Waals surface area contributed by atoms with E-state index < -0.39 is 5.60 Å². The van der Waals surface area contributed by atoms with Crippen LogP contribution in [-0.2, 0) is 5.60 Å². The van der Waals surface area contributed by atoms with Crippen LogP contribution in [0.3, 0.4) is 0 Å². The minimum Gasteiger partial charge on any atom is -0.496 e. The first-order valence-corrected chi connectivity index (χ1v) is 6.73. The van der Waals surface area contributed by atoms with Crippen LogP contribution in [-0.4, -0.2) is 12.2 Å². The zero-order valence-corrected chi connectivity index (χ0v) is 11.8. The van der Waals surface area contributed by atoms with Crippen molar-refractivity contribution in [1.82, 2.24) is 0 Å². The molecule has 2 nitrogen and oxygen atoms in total. The molecular weight excluding hydrogens is 255 g/mol. The largest absolute Gasteiger partial charge is 0.496 e. The number of aliphatic hydroxyl groups is 1. The fourth-order valence-corrected chi connectivity index (χ4v) is 2.51. The number of halogens is 1. The number of methoxy groups -OCH3 is 1. The molecule has 0 aliphatic heterocycles. The van der Waals surface area contributed by atoms with Crippen LogP contribution in [0.1, 0.15) is 30.9 Å². The molecule has 0 spiro atoms. The lowest BCUT2D eigenvalue weighted by atomic mass is 9.82. The molecule has 1 N–H and O–H groups in total. The molecule has 0 fully saturated rings. The molecule has 0 aromatic heterocycles. The van der Waals surface area contributed by atoms with Crippen molar-refractivity contribution in [3.05, 3.63) is 65.5 Å². The minimum atomic E-state index is -1.25. The van der Waals surface area contributed by atoms with Gasteiger partial charge < -0.3 is 9.84 Å². The van der Waals surface area contributed by atoms with Gasteiger partial charge in [-0.15, -0.1) is 0 Å². The molecular formula is C17H19FO2. The van der Waals surface area contributed by atoms with Crippen LogP contribution in [0.2, 0.25) is 0 Å². The molecule has 0 radical (unpaired) electrons. The van der Waals surface area contributed by atoms with Gasteiger partial charge in [-0.1, -0.05) is 43.7 Å². The number of hydrogen-bond acceptors (Lipinski definition) is 2. The molecule has 0 amide bonds. The molecule has 0 bridgehead atoms. The van der Waals surface area contributed by atoms with Crippen molar-refractivity contribution >= 4 is 0 Å². The highest BCUT2D eigenvalue weighted by atomic mass is 19.1. The molecule has 3 heteroatoms. The van der Waals surface area contributed by atoms with E-state index in [1.54, 1.807) is 6.07 Å². The second kappa shape index (κ2) is 6.06. The number of ether oxygens (including phenoxy) is 1. The van der Waals surface area contributed by atoms with E-state index >= 15 is 0 Å². The summed E-state index contributed by atoms with van der Waals surface area (Å²) in [5.74, 6) is 0.109. The molecule has 20 heavy (non-hydrogen) atoms. The summed E-state index contributed by atoms with van der Waals surface area (Å²) in [5, 5.41) is 11.1. The Balaban J connectivity index is 2.61. The van der Waals surface area contributed by atoms with Crippen LogP contribution in [0.5, 0.6) is 5.75 Å². The Bertz CT molecular complexity index is 568. The predicted molar refractivity (Wildman–Crippen MR) is 77.3 cm³/mol. The van der Waals surface area contributed by atoms with Gasteiger partial charge in [0.05, 0.1) is 7.11 Å². The Morgan fingerprint density at radius 2 is 1.85 bits per heavy atom. The van der Waals surface area contributed by atoms with Crippen molar-refractivity contribution < 1.29 is 14.2 Å². The van der Waals surface area contributed by atoms with Gasteiger partial charge in [0.1, 0.15) is 17.2 Å². The van der Waals surface area contributed by atoms with E-state index in [4.69, 9.17) is 4.74 Å². The van der Waals surface area contributed by atoms with E-state index in [0.717, 1.165) is 12.0 Å². The Morgan fingerprint density at radius 1 is 1.15 bits per heavy atom. The van der Waals surface area contributed by atoms with Crippen LogP contribution in [0, 0.1) is 5.82 Å². The standard InChI is InChI=1S/C17H19FO2/c1-3-11-17(19,13-7-5-4-6-8-13)15-12-14(18)9-10-16(15)20-2/h4-10,12,19H,3,11H2,1-2H3. The number of benzene rings is 2. The quantitative estimate of drug-likeness (QED) is 0.896. The van der Waals surface area contributed by atoms with Crippen LogP contribution < -0.4 is 4.74 Å². The third kappa shape index (κ3) is 2.68. The van der Waals surface area contributed by atoms with Gasteiger partial charge >= 0.3 is 0 Å². The SMILES string of the molecule is CCCC(O)(c1ccccc1)c1cc(F)ccc1OC. The average molecular weight is 274 g/mol. The zero-order valence-electron chi connectivity index (χ0n) is 11.8. The highest BCUT2D eigenvalue weighted by Gasteiger charge is 2.33. The maximum absolute atomic E-state index is 13.6. The highest BCUT2D eigenvalue weighted by molar-refractivity contribution is 5.45. The first kappa shape index (κ1) is 14.5. The lowest BCUT2D eigenvalue weighted by molar-refractivity contribution is 0.0670. The second-order valence-corrected chi connectivity index (χ2v) is 4.82. The van der Waals surface area contributed by atoms with Gasteiger partial charge in [-0.3, -0.25) is 0 Å². The summed E-state index contributed by atoms with van der Waals surface area (Å²) in [7, 11) is 1.52. The third-order valence-electron chi connectivity index (χ3n) is 3.47. The van der Waals surface area contributed by atoms with Crippen molar-refractivity contribution in [2.45, 2.75) is 25.4 Å². The molecule has 0 aliphatic carbocycles. The Labute approximate surface area is 118 Å². The fraction of sp³-hybridized carbons (Fsp3) is 0.294. The van der Waals surface area contributed by atoms with Crippen molar-refractivity contribution in [2.75, 3.05) is 7.11 Å². The van der Waals surface area contributed by atoms with Crippen LogP contribution >= 0.6 is 0 Å². The molecule has 2 rings (SSSR count). The minimum absolute atomic E-state index is 0.383. The van der Waals surface area contributed by atoms with Crippen LogP contribution in [0.25, 0.3) is 0 Å². The maximum atomic E-state index is 13.6. The maximum Gasteiger partial charge on any atom is 0.125 e. The summed E-state index contributed by atoms with van der Waals surface area (Å²) in [4.78, 5) is 0. The smallest absolute Gasteiger partial charge is 0.125 e. The van der Waals surface area contributed by atoms with Gasteiger partial charge in [-0.2, -0.15) is 0 Å². The Morgan fingerprint density at radius 3 is 2.45 bits per heavy atom. The van der Waals surface area contributed by atoms with Crippen molar-refractivity contribution in [1.29, 1.82) is 0 Å². The summed E-state index contributed by atoms with van der Waals surface area (Å²) >= 11 is 0. The van der Waals surface area contributed by atoms with Gasteiger partial charge in [0.2, 0.25) is 0 Å². The summed E-state index contributed by atoms with van der Waals surface area (Å²) in [5.41, 5.74) is -0.0394. The second-order valence-electron chi connectivity index (χ2n) is 4.82. The molecule has 2 aromatic rings. The van der Waals surface area contributed by atoms with Crippen molar-refractivity contribution in [3.63, 3.8) is 0 Å². The fourth-order valence-electron chi connectivity index (χ4n) is 2.51. The highest BCUT2D eigenvalue weighted by Crippen LogP contribution is 2.39. The topological polar surface area (TPSA) is 29.5 Å². The van der Waals surface area contributed by atoms with Gasteiger partial charge in [-0.05, 0) is 30.2 Å². The molecule has 0 heterocycles. The Kier molecular flexibility index (Phi) is 4.40. The molecule has 2 aromatic carbocycles. The first-order chi connectivity index (χ1) is 9.61. The number of hydrogen-bond donors (Lipinski definition) is 1. The Hall–Kier alpha value is -1.87. The molecule has 0 aliphatic rings. The van der Waals surface area contributed by atoms with Gasteiger partial charge in [0.15, 0.2) is 0 Å². The van der Waals surface area contributed by atoms with Crippen LogP contribution in [0.15, 0.2) is 48.5 Å². The van der Waals surface area contributed by atoms with E-state index in [1.807, 2.05) is 37.3 Å². The van der Waals surface area contributed by atoms with E-state index in [-0.39, 0.29) is 5.82 Å². The van der Waals surface area contributed by atoms with Gasteiger partial charge in [0.25, 0.3) is 0 Å². The van der Waals surface area contributed by atoms with E-state index in [9.17, 15) is 9.50 Å². The van der Waals surface area contributed by atoms with Crippen molar-refractivity contribution in [2.24, 2.45) is 0 Å². The summed E-state index contributed by atoms with van der Waals surface area (Å²) < 4.78 is 18.9. The van der Waals surface area contributed by atoms with Crippen molar-refractivity contribution in [3.8, 4) is 5.75 Å². The lowest BCUT2D eigenvalue weighted by Gasteiger charge is -2.30. The lowest BCUT2D eigenvalue weighted by Crippen LogP contribution is -2.28. The molecule has 0 saturated heterocycles. The van der Waals surface area contributed by atoms with E-state index in [1.165, 1.54) is 19.2 Å². The predicted octanol–water partition coefficient (Wildman–Crippen LogP) is 3.87. The number of rotatable bonds is 5. The molecule has 106 valence electrons. The first-order valence-electron chi connectivity index (χ1n) is 6.73. The van der Waals surface area contributed by atoms with Gasteiger partial charge in [-0.25, -0.2) is 4.39 Å². The average Bonchev–Trinajstić information content (AvgIpc) is 2.48. The van der Waals surface area contributed by atoms with Gasteiger partial charge in [0, 0.05) is 5.56 Å².